The van der Waals surface area contributed by atoms with Gasteiger partial charge in [0, 0.05) is 13.1 Å². The largest absolute Gasteiger partial charge is 0.494 e. The highest BCUT2D eigenvalue weighted by Gasteiger charge is 2.27. The third-order valence-electron chi connectivity index (χ3n) is 6.51. The number of rotatable bonds is 8. The van der Waals surface area contributed by atoms with Crippen LogP contribution in [0.2, 0.25) is 0 Å². The summed E-state index contributed by atoms with van der Waals surface area (Å²) >= 11 is 0. The summed E-state index contributed by atoms with van der Waals surface area (Å²) in [6.07, 6.45) is 6.63. The Kier molecular flexibility index (Phi) is 9.67. The zero-order chi connectivity index (χ0) is 26.3. The monoisotopic (exact) mass is 503 g/mol. The average molecular weight is 504 g/mol. The summed E-state index contributed by atoms with van der Waals surface area (Å²) in [5, 5.41) is 0. The Labute approximate surface area is 216 Å². The molecule has 1 fully saturated rings. The zero-order valence-electron chi connectivity index (χ0n) is 23.1. The van der Waals surface area contributed by atoms with Crippen molar-refractivity contribution in [3.63, 3.8) is 0 Å². The van der Waals surface area contributed by atoms with E-state index in [0.717, 1.165) is 63.8 Å². The van der Waals surface area contributed by atoms with Crippen molar-refractivity contribution in [3.05, 3.63) is 29.3 Å². The number of hydrogen-bond acceptors (Lipinski definition) is 6. The van der Waals surface area contributed by atoms with Gasteiger partial charge in [0.2, 0.25) is 0 Å². The Morgan fingerprint density at radius 1 is 0.944 bits per heavy atom. The topological polar surface area (TPSA) is 74.3 Å². The van der Waals surface area contributed by atoms with Crippen LogP contribution in [0.4, 0.5) is 4.79 Å². The van der Waals surface area contributed by atoms with E-state index >= 15 is 0 Å². The molecule has 7 nitrogen and oxygen atoms in total. The van der Waals surface area contributed by atoms with Gasteiger partial charge in [0.15, 0.2) is 0 Å². The van der Waals surface area contributed by atoms with Crippen molar-refractivity contribution in [3.8, 4) is 5.75 Å². The molecule has 1 aliphatic carbocycles. The smallest absolute Gasteiger partial charge is 0.410 e. The van der Waals surface area contributed by atoms with Gasteiger partial charge in [-0.15, -0.1) is 0 Å². The lowest BCUT2D eigenvalue weighted by molar-refractivity contribution is -0.162. The molecule has 1 amide bonds. The molecule has 36 heavy (non-hydrogen) atoms. The van der Waals surface area contributed by atoms with Gasteiger partial charge in [0.05, 0.1) is 12.7 Å². The lowest BCUT2D eigenvalue weighted by Gasteiger charge is -2.33. The van der Waals surface area contributed by atoms with Gasteiger partial charge in [0.1, 0.15) is 23.6 Å². The molecule has 202 valence electrons. The van der Waals surface area contributed by atoms with Gasteiger partial charge in [-0.3, -0.25) is 0 Å². The molecular weight excluding hydrogens is 458 g/mol. The second kappa shape index (κ2) is 12.3. The van der Waals surface area contributed by atoms with E-state index in [1.54, 1.807) is 0 Å². The number of likely N-dealkylation sites (tertiary alicyclic amines) is 1. The summed E-state index contributed by atoms with van der Waals surface area (Å²) in [6, 6.07) is 6.31. The summed E-state index contributed by atoms with van der Waals surface area (Å²) < 4.78 is 22.7. The minimum absolute atomic E-state index is 0.00149. The van der Waals surface area contributed by atoms with Crippen LogP contribution in [0.5, 0.6) is 5.75 Å². The molecule has 0 bridgehead atoms. The fourth-order valence-corrected chi connectivity index (χ4v) is 4.78. The van der Waals surface area contributed by atoms with Crippen LogP contribution in [0.25, 0.3) is 0 Å². The second-order valence-corrected chi connectivity index (χ2v) is 12.1. The fraction of sp³-hybridized carbons (Fsp3) is 0.724. The number of hydrogen-bond donors (Lipinski definition) is 0. The van der Waals surface area contributed by atoms with Crippen LogP contribution in [0, 0.1) is 5.92 Å². The lowest BCUT2D eigenvalue weighted by atomic mass is 9.89. The highest BCUT2D eigenvalue weighted by Crippen LogP contribution is 2.28. The molecule has 1 atom stereocenters. The number of carbonyl (C=O) groups is 2. The number of esters is 1. The van der Waals surface area contributed by atoms with Crippen LogP contribution in [0.15, 0.2) is 18.2 Å². The molecule has 2 aliphatic rings. The molecule has 1 saturated heterocycles. The maximum absolute atomic E-state index is 12.2. The molecule has 0 saturated carbocycles. The van der Waals surface area contributed by atoms with Crippen LogP contribution in [-0.4, -0.2) is 60.6 Å². The normalized spacial score (nSPS) is 18.9. The number of amides is 1. The second-order valence-electron chi connectivity index (χ2n) is 12.1. The molecule has 1 aromatic carbocycles. The van der Waals surface area contributed by atoms with Crippen LogP contribution in [0.3, 0.4) is 0 Å². The number of aryl methyl sites for hydroxylation is 1. The van der Waals surface area contributed by atoms with Crippen molar-refractivity contribution in [2.75, 3.05) is 26.3 Å². The van der Waals surface area contributed by atoms with Crippen LogP contribution in [-0.2, 0) is 31.8 Å². The first-order chi connectivity index (χ1) is 16.9. The van der Waals surface area contributed by atoms with E-state index in [1.165, 1.54) is 11.1 Å². The Bertz CT molecular complexity index is 877. The first-order valence-electron chi connectivity index (χ1n) is 13.4. The molecule has 7 heteroatoms. The van der Waals surface area contributed by atoms with Crippen molar-refractivity contribution in [1.29, 1.82) is 0 Å². The number of fused-ring (bicyclic) bond motifs is 1. The van der Waals surface area contributed by atoms with Crippen LogP contribution < -0.4 is 4.74 Å². The van der Waals surface area contributed by atoms with Crippen molar-refractivity contribution >= 4 is 12.1 Å². The van der Waals surface area contributed by atoms with Crippen molar-refractivity contribution in [2.45, 2.75) is 104 Å². The third-order valence-corrected chi connectivity index (χ3v) is 6.51. The molecule has 0 radical (unpaired) electrons. The van der Waals surface area contributed by atoms with Gasteiger partial charge in [-0.2, -0.15) is 0 Å². The molecule has 1 aromatic rings. The van der Waals surface area contributed by atoms with Crippen molar-refractivity contribution in [2.24, 2.45) is 5.92 Å². The highest BCUT2D eigenvalue weighted by molar-refractivity contribution is 5.71. The molecule has 1 unspecified atom stereocenters. The van der Waals surface area contributed by atoms with Gasteiger partial charge < -0.3 is 23.8 Å². The van der Waals surface area contributed by atoms with E-state index in [1.807, 2.05) is 52.5 Å². The Hall–Kier alpha value is -2.28. The molecule has 0 aromatic heterocycles. The van der Waals surface area contributed by atoms with Gasteiger partial charge >= 0.3 is 12.1 Å². The van der Waals surface area contributed by atoms with E-state index in [0.29, 0.717) is 12.5 Å². The molecule has 3 rings (SSSR count). The maximum Gasteiger partial charge on any atom is 0.410 e. The Balaban J connectivity index is 1.33. The van der Waals surface area contributed by atoms with Crippen molar-refractivity contribution < 1.29 is 28.5 Å². The predicted molar refractivity (Wildman–Crippen MR) is 139 cm³/mol. The molecule has 1 aliphatic heterocycles. The van der Waals surface area contributed by atoms with E-state index in [2.05, 4.69) is 12.1 Å². The van der Waals surface area contributed by atoms with Crippen LogP contribution in [0.1, 0.15) is 84.8 Å². The van der Waals surface area contributed by atoms with E-state index in [4.69, 9.17) is 18.9 Å². The molecular formula is C29H45NO6. The first kappa shape index (κ1) is 28.3. The number of piperidine rings is 1. The minimum Gasteiger partial charge on any atom is -0.494 e. The van der Waals surface area contributed by atoms with Gasteiger partial charge in [-0.1, -0.05) is 6.07 Å². The molecule has 0 N–H and O–H groups in total. The SMILES string of the molecule is CC(C)(C)OC(=O)COC1CCc2cc(OCCCC3CCN(C(=O)OC(C)(C)C)CC3)ccc2C1. The number of nitrogens with zero attached hydrogens (tertiary/aromatic N) is 1. The number of carbonyl (C=O) groups excluding carboxylic acids is 2. The standard InChI is InChI=1S/C29H45NO6/c1-28(2,3)35-26(31)20-34-25-12-10-22-18-24(11-9-23(22)19-25)33-17-7-8-21-13-15-30(16-14-21)27(32)36-29(4,5)6/h9,11,18,21,25H,7-8,10,12-17,19-20H2,1-6H3. The minimum atomic E-state index is -0.491. The lowest BCUT2D eigenvalue weighted by Crippen LogP contribution is -2.41. The summed E-state index contributed by atoms with van der Waals surface area (Å²) in [4.78, 5) is 26.0. The Morgan fingerprint density at radius 3 is 2.31 bits per heavy atom. The molecule has 0 spiro atoms. The summed E-state index contributed by atoms with van der Waals surface area (Å²) in [5.74, 6) is 1.24. The van der Waals surface area contributed by atoms with E-state index < -0.39 is 11.2 Å². The number of ether oxygens (including phenoxy) is 4. The van der Waals surface area contributed by atoms with E-state index in [9.17, 15) is 9.59 Å². The number of benzene rings is 1. The third kappa shape index (κ3) is 9.64. The highest BCUT2D eigenvalue weighted by atomic mass is 16.6. The summed E-state index contributed by atoms with van der Waals surface area (Å²) in [5.41, 5.74) is 1.63. The predicted octanol–water partition coefficient (Wildman–Crippen LogP) is 5.71. The van der Waals surface area contributed by atoms with Gasteiger partial charge in [-0.25, -0.2) is 9.59 Å². The molecule has 1 heterocycles. The summed E-state index contributed by atoms with van der Waals surface area (Å²) in [6.45, 7) is 13.5. The van der Waals surface area contributed by atoms with E-state index in [-0.39, 0.29) is 24.8 Å². The fourth-order valence-electron chi connectivity index (χ4n) is 4.78. The maximum atomic E-state index is 12.2. The Morgan fingerprint density at radius 2 is 1.64 bits per heavy atom. The van der Waals surface area contributed by atoms with Crippen molar-refractivity contribution in [1.82, 2.24) is 4.90 Å². The van der Waals surface area contributed by atoms with Crippen LogP contribution >= 0.6 is 0 Å². The summed E-state index contributed by atoms with van der Waals surface area (Å²) in [7, 11) is 0. The zero-order valence-corrected chi connectivity index (χ0v) is 23.1. The first-order valence-corrected chi connectivity index (χ1v) is 13.4. The van der Waals surface area contributed by atoms with Gasteiger partial charge in [0.25, 0.3) is 0 Å². The average Bonchev–Trinajstić information content (AvgIpc) is 2.78. The van der Waals surface area contributed by atoms with Gasteiger partial charge in [-0.05, 0) is 116 Å². The quantitative estimate of drug-likeness (QED) is 0.334.